The fraction of sp³-hybridized carbons (Fsp3) is 0.571. The molecular weight excluding hydrogens is 198 g/mol. The van der Waals surface area contributed by atoms with Gasteiger partial charge in [-0.2, -0.15) is 0 Å². The van der Waals surface area contributed by atoms with Crippen molar-refractivity contribution in [2.24, 2.45) is 0 Å². The second-order valence-electron chi connectivity index (χ2n) is 4.62. The lowest BCUT2D eigenvalue weighted by Gasteiger charge is -2.13. The van der Waals surface area contributed by atoms with Crippen LogP contribution in [0.2, 0.25) is 0 Å². The third-order valence-corrected chi connectivity index (χ3v) is 2.74. The van der Waals surface area contributed by atoms with Crippen LogP contribution in [0.1, 0.15) is 37.3 Å². The van der Waals surface area contributed by atoms with E-state index in [4.69, 9.17) is 0 Å². The normalized spacial score (nSPS) is 11.0. The Labute approximate surface area is 98.9 Å². The van der Waals surface area contributed by atoms with E-state index in [9.17, 15) is 5.11 Å². The first-order chi connectivity index (χ1) is 7.65. The number of rotatable bonds is 6. The molecule has 0 aliphatic heterocycles. The molecule has 0 radical (unpaired) electrons. The van der Waals surface area contributed by atoms with Gasteiger partial charge in [-0.1, -0.05) is 38.0 Å². The zero-order valence-electron chi connectivity index (χ0n) is 10.7. The van der Waals surface area contributed by atoms with Crippen molar-refractivity contribution in [3.63, 3.8) is 0 Å². The average Bonchev–Trinajstić information content (AvgIpc) is 2.23. The molecule has 2 nitrogen and oxygen atoms in total. The summed E-state index contributed by atoms with van der Waals surface area (Å²) in [5, 5.41) is 10.1. The molecule has 0 fully saturated rings. The second kappa shape index (κ2) is 6.54. The van der Waals surface area contributed by atoms with Crippen molar-refractivity contribution in [2.75, 3.05) is 14.1 Å². The summed E-state index contributed by atoms with van der Waals surface area (Å²) in [5.41, 5.74) is 2.12. The van der Waals surface area contributed by atoms with Crippen LogP contribution >= 0.6 is 0 Å². The summed E-state index contributed by atoms with van der Waals surface area (Å²) in [7, 11) is 4.03. The van der Waals surface area contributed by atoms with E-state index in [0.29, 0.717) is 5.75 Å². The SMILES string of the molecule is CCCCCc1cccc(CN(C)C)c1O. The molecule has 0 saturated carbocycles. The molecule has 1 aromatic carbocycles. The number of unbranched alkanes of at least 4 members (excludes halogenated alkanes) is 2. The zero-order valence-corrected chi connectivity index (χ0v) is 10.7. The van der Waals surface area contributed by atoms with E-state index in [-0.39, 0.29) is 0 Å². The molecule has 1 N–H and O–H groups in total. The molecule has 1 aromatic rings. The van der Waals surface area contributed by atoms with Crippen LogP contribution in [0.4, 0.5) is 0 Å². The molecule has 0 atom stereocenters. The highest BCUT2D eigenvalue weighted by molar-refractivity contribution is 5.40. The Morgan fingerprint density at radius 1 is 1.12 bits per heavy atom. The standard InChI is InChI=1S/C14H23NO/c1-4-5-6-8-12-9-7-10-13(14(12)16)11-15(2)3/h7,9-10,16H,4-6,8,11H2,1-3H3. The fourth-order valence-electron chi connectivity index (χ4n) is 1.88. The van der Waals surface area contributed by atoms with Crippen molar-refractivity contribution in [1.82, 2.24) is 4.90 Å². The second-order valence-corrected chi connectivity index (χ2v) is 4.62. The van der Waals surface area contributed by atoms with Gasteiger partial charge >= 0.3 is 0 Å². The smallest absolute Gasteiger partial charge is 0.123 e. The number of benzene rings is 1. The van der Waals surface area contributed by atoms with Gasteiger partial charge in [-0.05, 0) is 32.5 Å². The van der Waals surface area contributed by atoms with Crippen molar-refractivity contribution in [3.8, 4) is 5.75 Å². The Kier molecular flexibility index (Phi) is 5.33. The van der Waals surface area contributed by atoms with E-state index in [1.807, 2.05) is 32.3 Å². The lowest BCUT2D eigenvalue weighted by molar-refractivity contribution is 0.384. The Morgan fingerprint density at radius 3 is 2.44 bits per heavy atom. The molecule has 0 spiro atoms. The van der Waals surface area contributed by atoms with Gasteiger partial charge in [-0.3, -0.25) is 0 Å². The maximum Gasteiger partial charge on any atom is 0.123 e. The van der Waals surface area contributed by atoms with E-state index >= 15 is 0 Å². The Morgan fingerprint density at radius 2 is 1.81 bits per heavy atom. The molecule has 0 aromatic heterocycles. The minimum absolute atomic E-state index is 0.493. The summed E-state index contributed by atoms with van der Waals surface area (Å²) in [4.78, 5) is 2.07. The van der Waals surface area contributed by atoms with Gasteiger partial charge in [-0.15, -0.1) is 0 Å². The van der Waals surface area contributed by atoms with Gasteiger partial charge in [0.15, 0.2) is 0 Å². The van der Waals surface area contributed by atoms with Crippen LogP contribution in [0.15, 0.2) is 18.2 Å². The molecule has 2 heteroatoms. The van der Waals surface area contributed by atoms with Gasteiger partial charge in [0.25, 0.3) is 0 Å². The van der Waals surface area contributed by atoms with Crippen LogP contribution in [-0.4, -0.2) is 24.1 Å². The van der Waals surface area contributed by atoms with Crippen molar-refractivity contribution in [2.45, 2.75) is 39.2 Å². The van der Waals surface area contributed by atoms with Crippen LogP contribution in [0, 0.1) is 0 Å². The predicted octanol–water partition coefficient (Wildman–Crippen LogP) is 3.19. The molecule has 0 aliphatic carbocycles. The Hall–Kier alpha value is -1.02. The molecule has 16 heavy (non-hydrogen) atoms. The monoisotopic (exact) mass is 221 g/mol. The third-order valence-electron chi connectivity index (χ3n) is 2.74. The Bertz CT molecular complexity index is 321. The largest absolute Gasteiger partial charge is 0.507 e. The minimum atomic E-state index is 0.493. The summed E-state index contributed by atoms with van der Waals surface area (Å²) < 4.78 is 0. The number of hydrogen-bond acceptors (Lipinski definition) is 2. The topological polar surface area (TPSA) is 23.5 Å². The minimum Gasteiger partial charge on any atom is -0.507 e. The number of aryl methyl sites for hydroxylation is 1. The highest BCUT2D eigenvalue weighted by atomic mass is 16.3. The fourth-order valence-corrected chi connectivity index (χ4v) is 1.88. The molecule has 0 heterocycles. The number of phenolic OH excluding ortho intramolecular Hbond substituents is 1. The van der Waals surface area contributed by atoms with Gasteiger partial charge in [0, 0.05) is 12.1 Å². The molecule has 1 rings (SSSR count). The maximum atomic E-state index is 10.1. The number of nitrogens with zero attached hydrogens (tertiary/aromatic N) is 1. The zero-order chi connectivity index (χ0) is 12.0. The van der Waals surface area contributed by atoms with Gasteiger partial charge in [0.1, 0.15) is 5.75 Å². The van der Waals surface area contributed by atoms with E-state index in [1.54, 1.807) is 0 Å². The Balaban J connectivity index is 2.70. The first-order valence-corrected chi connectivity index (χ1v) is 6.09. The van der Waals surface area contributed by atoms with Gasteiger partial charge in [0.2, 0.25) is 0 Å². The van der Waals surface area contributed by atoms with Gasteiger partial charge in [0.05, 0.1) is 0 Å². The lowest BCUT2D eigenvalue weighted by Crippen LogP contribution is -2.11. The summed E-state index contributed by atoms with van der Waals surface area (Å²) >= 11 is 0. The van der Waals surface area contributed by atoms with Gasteiger partial charge < -0.3 is 10.0 Å². The molecular formula is C14H23NO. The predicted molar refractivity (Wildman–Crippen MR) is 68.7 cm³/mol. The van der Waals surface area contributed by atoms with Crippen molar-refractivity contribution in [3.05, 3.63) is 29.3 Å². The van der Waals surface area contributed by atoms with Crippen LogP contribution in [-0.2, 0) is 13.0 Å². The van der Waals surface area contributed by atoms with Crippen molar-refractivity contribution < 1.29 is 5.11 Å². The summed E-state index contributed by atoms with van der Waals surface area (Å²) in [5.74, 6) is 0.493. The molecule has 0 bridgehead atoms. The van der Waals surface area contributed by atoms with Crippen LogP contribution in [0.3, 0.4) is 0 Å². The summed E-state index contributed by atoms with van der Waals surface area (Å²) in [6.45, 7) is 3.00. The van der Waals surface area contributed by atoms with E-state index in [0.717, 1.165) is 30.5 Å². The van der Waals surface area contributed by atoms with E-state index in [1.165, 1.54) is 12.8 Å². The van der Waals surface area contributed by atoms with E-state index in [2.05, 4.69) is 11.8 Å². The van der Waals surface area contributed by atoms with Crippen molar-refractivity contribution >= 4 is 0 Å². The molecule has 90 valence electrons. The number of hydrogen-bond donors (Lipinski definition) is 1. The highest BCUT2D eigenvalue weighted by Gasteiger charge is 2.07. The first-order valence-electron chi connectivity index (χ1n) is 6.09. The van der Waals surface area contributed by atoms with E-state index < -0.39 is 0 Å². The summed E-state index contributed by atoms with van der Waals surface area (Å²) in [6, 6.07) is 6.07. The number of phenols is 1. The quantitative estimate of drug-likeness (QED) is 0.746. The van der Waals surface area contributed by atoms with Gasteiger partial charge in [-0.25, -0.2) is 0 Å². The molecule has 0 aliphatic rings. The average molecular weight is 221 g/mol. The van der Waals surface area contributed by atoms with Crippen LogP contribution < -0.4 is 0 Å². The highest BCUT2D eigenvalue weighted by Crippen LogP contribution is 2.24. The van der Waals surface area contributed by atoms with Crippen molar-refractivity contribution in [1.29, 1.82) is 0 Å². The lowest BCUT2D eigenvalue weighted by atomic mass is 10.0. The van der Waals surface area contributed by atoms with Crippen LogP contribution in [0.5, 0.6) is 5.75 Å². The third kappa shape index (κ3) is 3.86. The maximum absolute atomic E-state index is 10.1. The number of aromatic hydroxyl groups is 1. The molecule has 0 unspecified atom stereocenters. The molecule has 0 saturated heterocycles. The number of para-hydroxylation sites is 1. The van der Waals surface area contributed by atoms with Crippen LogP contribution in [0.25, 0.3) is 0 Å². The molecule has 0 amide bonds. The first kappa shape index (κ1) is 13.0. The summed E-state index contributed by atoms with van der Waals surface area (Å²) in [6.07, 6.45) is 4.60.